The van der Waals surface area contributed by atoms with Gasteiger partial charge in [-0.25, -0.2) is 0 Å². The van der Waals surface area contributed by atoms with Crippen molar-refractivity contribution in [2.45, 2.75) is 6.54 Å². The van der Waals surface area contributed by atoms with Gasteiger partial charge in [0.15, 0.2) is 11.5 Å². The van der Waals surface area contributed by atoms with E-state index in [-0.39, 0.29) is 11.5 Å². The van der Waals surface area contributed by atoms with Gasteiger partial charge in [-0.15, -0.1) is 0 Å². The topological polar surface area (TPSA) is 52.5 Å². The van der Waals surface area contributed by atoms with Gasteiger partial charge in [0.2, 0.25) is 0 Å². The minimum atomic E-state index is -0.101. The van der Waals surface area contributed by atoms with E-state index in [1.807, 2.05) is 18.2 Å². The van der Waals surface area contributed by atoms with Crippen LogP contribution < -0.4 is 5.32 Å². The molecule has 0 aromatic heterocycles. The highest BCUT2D eigenvalue weighted by atomic mass is 127. The maximum absolute atomic E-state index is 9.70. The van der Waals surface area contributed by atoms with Crippen molar-refractivity contribution in [3.63, 3.8) is 0 Å². The Hall–Kier alpha value is -0.950. The van der Waals surface area contributed by atoms with Crippen LogP contribution in [0.15, 0.2) is 40.9 Å². The van der Waals surface area contributed by atoms with Crippen LogP contribution in [0.1, 0.15) is 5.56 Å². The number of hydrogen-bond donors (Lipinski definition) is 3. The van der Waals surface area contributed by atoms with Crippen molar-refractivity contribution in [3.8, 4) is 11.5 Å². The number of hydrogen-bond acceptors (Lipinski definition) is 3. The van der Waals surface area contributed by atoms with Crippen LogP contribution in [-0.4, -0.2) is 10.2 Å². The summed E-state index contributed by atoms with van der Waals surface area (Å²) in [7, 11) is 0. The molecule has 2 aromatic carbocycles. The number of aromatic hydroxyl groups is 2. The standard InChI is InChI=1S/C13H11BrINO2/c14-10-5-4-9(15)6-11(10)16-7-8-2-1-3-12(17)13(8)18/h1-6,16-18H,7H2. The summed E-state index contributed by atoms with van der Waals surface area (Å²) in [4.78, 5) is 0. The van der Waals surface area contributed by atoms with E-state index in [4.69, 9.17) is 0 Å². The fourth-order valence-corrected chi connectivity index (χ4v) is 2.42. The van der Waals surface area contributed by atoms with Crippen molar-refractivity contribution < 1.29 is 10.2 Å². The summed E-state index contributed by atoms with van der Waals surface area (Å²) in [5.74, 6) is -0.178. The Morgan fingerprint density at radius 2 is 1.94 bits per heavy atom. The predicted octanol–water partition coefficient (Wildman–Crippen LogP) is 4.08. The summed E-state index contributed by atoms with van der Waals surface area (Å²) in [6.07, 6.45) is 0. The van der Waals surface area contributed by atoms with Crippen LogP contribution in [-0.2, 0) is 6.54 Å². The molecule has 3 N–H and O–H groups in total. The largest absolute Gasteiger partial charge is 0.504 e. The van der Waals surface area contributed by atoms with Gasteiger partial charge in [0, 0.05) is 25.8 Å². The van der Waals surface area contributed by atoms with Crippen LogP contribution in [0.3, 0.4) is 0 Å². The van der Waals surface area contributed by atoms with Gasteiger partial charge in [-0.2, -0.15) is 0 Å². The molecule has 0 unspecified atom stereocenters. The maximum Gasteiger partial charge on any atom is 0.162 e. The maximum atomic E-state index is 9.70. The van der Waals surface area contributed by atoms with Gasteiger partial charge < -0.3 is 15.5 Å². The lowest BCUT2D eigenvalue weighted by molar-refractivity contribution is 0.400. The lowest BCUT2D eigenvalue weighted by Crippen LogP contribution is -2.00. The Labute approximate surface area is 127 Å². The molecule has 0 saturated carbocycles. The van der Waals surface area contributed by atoms with Crippen LogP contribution in [0.25, 0.3) is 0 Å². The van der Waals surface area contributed by atoms with Gasteiger partial charge in [-0.3, -0.25) is 0 Å². The number of benzene rings is 2. The molecule has 18 heavy (non-hydrogen) atoms. The smallest absolute Gasteiger partial charge is 0.162 e. The molecular weight excluding hydrogens is 409 g/mol. The molecule has 0 aliphatic rings. The molecule has 0 heterocycles. The molecule has 0 aliphatic carbocycles. The van der Waals surface area contributed by atoms with Crippen LogP contribution >= 0.6 is 38.5 Å². The van der Waals surface area contributed by atoms with Crippen molar-refractivity contribution in [1.82, 2.24) is 0 Å². The number of nitrogens with one attached hydrogen (secondary N) is 1. The number of para-hydroxylation sites is 1. The second-order valence-electron chi connectivity index (χ2n) is 3.76. The average Bonchev–Trinajstić information content (AvgIpc) is 2.35. The zero-order chi connectivity index (χ0) is 13.1. The molecule has 0 radical (unpaired) electrons. The second-order valence-corrected chi connectivity index (χ2v) is 5.86. The van der Waals surface area contributed by atoms with E-state index in [0.717, 1.165) is 13.7 Å². The summed E-state index contributed by atoms with van der Waals surface area (Å²) in [6, 6.07) is 10.9. The van der Waals surface area contributed by atoms with Crippen molar-refractivity contribution >= 4 is 44.2 Å². The summed E-state index contributed by atoms with van der Waals surface area (Å²) in [6.45, 7) is 0.443. The average molecular weight is 420 g/mol. The lowest BCUT2D eigenvalue weighted by Gasteiger charge is -2.11. The highest BCUT2D eigenvalue weighted by Gasteiger charge is 2.06. The van der Waals surface area contributed by atoms with E-state index in [1.54, 1.807) is 12.1 Å². The molecule has 0 aliphatic heterocycles. The number of anilines is 1. The Kier molecular flexibility index (Phi) is 4.34. The monoisotopic (exact) mass is 419 g/mol. The Balaban J connectivity index is 2.16. The van der Waals surface area contributed by atoms with Crippen molar-refractivity contribution in [3.05, 3.63) is 50.0 Å². The van der Waals surface area contributed by atoms with E-state index < -0.39 is 0 Å². The molecular formula is C13H11BrINO2. The fourth-order valence-electron chi connectivity index (χ4n) is 1.54. The number of phenolic OH excluding ortho intramolecular Hbond substituents is 2. The quantitative estimate of drug-likeness (QED) is 0.519. The fraction of sp³-hybridized carbons (Fsp3) is 0.0769. The van der Waals surface area contributed by atoms with E-state index >= 15 is 0 Å². The minimum Gasteiger partial charge on any atom is -0.504 e. The van der Waals surface area contributed by atoms with Gasteiger partial charge in [0.05, 0.1) is 0 Å². The summed E-state index contributed by atoms with van der Waals surface area (Å²) in [5.41, 5.74) is 1.60. The molecule has 0 atom stereocenters. The van der Waals surface area contributed by atoms with Crippen LogP contribution in [0.5, 0.6) is 11.5 Å². The first-order valence-corrected chi connectivity index (χ1v) is 7.14. The third-order valence-electron chi connectivity index (χ3n) is 2.50. The van der Waals surface area contributed by atoms with Gasteiger partial charge in [0.25, 0.3) is 0 Å². The summed E-state index contributed by atoms with van der Waals surface area (Å²) < 4.78 is 2.08. The molecule has 0 saturated heterocycles. The third kappa shape index (κ3) is 3.08. The van der Waals surface area contributed by atoms with E-state index in [0.29, 0.717) is 12.1 Å². The molecule has 94 valence electrons. The van der Waals surface area contributed by atoms with Gasteiger partial charge >= 0.3 is 0 Å². The van der Waals surface area contributed by atoms with Crippen molar-refractivity contribution in [1.29, 1.82) is 0 Å². The zero-order valence-corrected chi connectivity index (χ0v) is 13.1. The first-order valence-electron chi connectivity index (χ1n) is 5.26. The van der Waals surface area contributed by atoms with Crippen LogP contribution in [0, 0.1) is 3.57 Å². The highest BCUT2D eigenvalue weighted by molar-refractivity contribution is 14.1. The molecule has 0 spiro atoms. The number of halogens is 2. The van der Waals surface area contributed by atoms with Crippen LogP contribution in [0.4, 0.5) is 5.69 Å². The van der Waals surface area contributed by atoms with Crippen molar-refractivity contribution in [2.75, 3.05) is 5.32 Å². The van der Waals surface area contributed by atoms with Crippen LogP contribution in [0.2, 0.25) is 0 Å². The minimum absolute atomic E-state index is 0.0771. The second kappa shape index (κ2) is 5.79. The SMILES string of the molecule is Oc1cccc(CNc2cc(I)ccc2Br)c1O. The Morgan fingerprint density at radius 1 is 1.17 bits per heavy atom. The summed E-state index contributed by atoms with van der Waals surface area (Å²) >= 11 is 5.70. The highest BCUT2D eigenvalue weighted by Crippen LogP contribution is 2.30. The number of rotatable bonds is 3. The Morgan fingerprint density at radius 3 is 2.72 bits per heavy atom. The van der Waals surface area contributed by atoms with Crippen molar-refractivity contribution in [2.24, 2.45) is 0 Å². The zero-order valence-electron chi connectivity index (χ0n) is 9.32. The summed E-state index contributed by atoms with van der Waals surface area (Å²) in [5, 5.41) is 22.3. The molecule has 5 heteroatoms. The normalized spacial score (nSPS) is 10.3. The number of phenols is 2. The van der Waals surface area contributed by atoms with E-state index in [2.05, 4.69) is 43.8 Å². The van der Waals surface area contributed by atoms with Gasteiger partial charge in [-0.1, -0.05) is 12.1 Å². The molecule has 0 amide bonds. The Bertz CT molecular complexity index is 573. The lowest BCUT2D eigenvalue weighted by atomic mass is 10.2. The first-order chi connectivity index (χ1) is 8.58. The molecule has 2 rings (SSSR count). The van der Waals surface area contributed by atoms with Gasteiger partial charge in [0.1, 0.15) is 0 Å². The third-order valence-corrected chi connectivity index (χ3v) is 3.86. The molecule has 3 nitrogen and oxygen atoms in total. The van der Waals surface area contributed by atoms with E-state index in [1.165, 1.54) is 6.07 Å². The first kappa shape index (κ1) is 13.5. The molecule has 0 fully saturated rings. The molecule has 0 bridgehead atoms. The van der Waals surface area contributed by atoms with E-state index in [9.17, 15) is 10.2 Å². The predicted molar refractivity (Wildman–Crippen MR) is 84.0 cm³/mol. The van der Waals surface area contributed by atoms with Gasteiger partial charge in [-0.05, 0) is 62.8 Å². The molecule has 2 aromatic rings.